The van der Waals surface area contributed by atoms with Crippen molar-refractivity contribution < 1.29 is 12.8 Å². The largest absolute Gasteiger partial charge is 0.326 e. The maximum Gasteiger partial charge on any atom is 0.243 e. The summed E-state index contributed by atoms with van der Waals surface area (Å²) in [5.41, 5.74) is 6.12. The van der Waals surface area contributed by atoms with Gasteiger partial charge in [0, 0.05) is 19.1 Å². The Morgan fingerprint density at radius 3 is 2.61 bits per heavy atom. The lowest BCUT2D eigenvalue weighted by Gasteiger charge is -2.17. The van der Waals surface area contributed by atoms with E-state index >= 15 is 0 Å². The van der Waals surface area contributed by atoms with E-state index in [0.717, 1.165) is 6.07 Å². The SMILES string of the molecule is Cc1cc(F)ccc1S(=O)(=O)N1CC[C@H](N)C1.Cl. The van der Waals surface area contributed by atoms with E-state index in [9.17, 15) is 12.8 Å². The van der Waals surface area contributed by atoms with Crippen LogP contribution >= 0.6 is 12.4 Å². The fourth-order valence-electron chi connectivity index (χ4n) is 2.01. The van der Waals surface area contributed by atoms with Crippen LogP contribution in [0.3, 0.4) is 0 Å². The van der Waals surface area contributed by atoms with Crippen LogP contribution in [0.2, 0.25) is 0 Å². The summed E-state index contributed by atoms with van der Waals surface area (Å²) in [7, 11) is -3.53. The van der Waals surface area contributed by atoms with E-state index in [4.69, 9.17) is 5.73 Å². The van der Waals surface area contributed by atoms with Crippen LogP contribution in [-0.4, -0.2) is 31.9 Å². The van der Waals surface area contributed by atoms with E-state index in [1.165, 1.54) is 16.4 Å². The second-order valence-corrected chi connectivity index (χ2v) is 6.23. The molecular formula is C11H16ClFN2O2S. The minimum atomic E-state index is -3.53. The van der Waals surface area contributed by atoms with E-state index in [0.29, 0.717) is 25.1 Å². The zero-order valence-corrected chi connectivity index (χ0v) is 11.6. The molecule has 1 fully saturated rings. The number of benzene rings is 1. The third-order valence-corrected chi connectivity index (χ3v) is 4.97. The smallest absolute Gasteiger partial charge is 0.243 e. The van der Waals surface area contributed by atoms with E-state index in [1.54, 1.807) is 6.92 Å². The second kappa shape index (κ2) is 5.52. The molecule has 0 amide bonds. The normalized spacial score (nSPS) is 20.7. The molecule has 0 unspecified atom stereocenters. The lowest BCUT2D eigenvalue weighted by molar-refractivity contribution is 0.471. The molecule has 7 heteroatoms. The predicted molar refractivity (Wildman–Crippen MR) is 69.7 cm³/mol. The van der Waals surface area contributed by atoms with Gasteiger partial charge >= 0.3 is 0 Å². The van der Waals surface area contributed by atoms with Crippen LogP contribution in [0.15, 0.2) is 23.1 Å². The van der Waals surface area contributed by atoms with Crippen molar-refractivity contribution in [3.8, 4) is 0 Å². The first-order chi connectivity index (χ1) is 7.91. The van der Waals surface area contributed by atoms with Crippen molar-refractivity contribution in [2.24, 2.45) is 5.73 Å². The molecule has 2 rings (SSSR count). The number of halogens is 2. The summed E-state index contributed by atoms with van der Waals surface area (Å²) < 4.78 is 38.8. The predicted octanol–water partition coefficient (Wildman–Crippen LogP) is 1.28. The molecule has 1 aliphatic heterocycles. The summed E-state index contributed by atoms with van der Waals surface area (Å²) >= 11 is 0. The maximum absolute atomic E-state index is 12.9. The summed E-state index contributed by atoms with van der Waals surface area (Å²) in [5.74, 6) is -0.431. The van der Waals surface area contributed by atoms with Crippen LogP contribution in [0.4, 0.5) is 4.39 Å². The minimum Gasteiger partial charge on any atom is -0.326 e. The van der Waals surface area contributed by atoms with Gasteiger partial charge in [0.2, 0.25) is 10.0 Å². The van der Waals surface area contributed by atoms with Crippen molar-refractivity contribution in [3.05, 3.63) is 29.6 Å². The molecule has 1 saturated heterocycles. The van der Waals surface area contributed by atoms with Crippen LogP contribution in [0.25, 0.3) is 0 Å². The van der Waals surface area contributed by atoms with Crippen LogP contribution in [0.5, 0.6) is 0 Å². The molecule has 4 nitrogen and oxygen atoms in total. The minimum absolute atomic E-state index is 0. The van der Waals surface area contributed by atoms with Gasteiger partial charge in [0.05, 0.1) is 4.90 Å². The van der Waals surface area contributed by atoms with Gasteiger partial charge in [-0.3, -0.25) is 0 Å². The first-order valence-corrected chi connectivity index (χ1v) is 6.87. The highest BCUT2D eigenvalue weighted by molar-refractivity contribution is 7.89. The van der Waals surface area contributed by atoms with Crippen LogP contribution < -0.4 is 5.73 Å². The summed E-state index contributed by atoms with van der Waals surface area (Å²) in [6.45, 7) is 2.35. The molecule has 1 heterocycles. The maximum atomic E-state index is 12.9. The Morgan fingerprint density at radius 2 is 2.11 bits per heavy atom. The molecule has 2 N–H and O–H groups in total. The number of nitrogens with two attached hydrogens (primary N) is 1. The van der Waals surface area contributed by atoms with Gasteiger partial charge in [0.25, 0.3) is 0 Å². The van der Waals surface area contributed by atoms with Gasteiger partial charge in [0.1, 0.15) is 5.82 Å². The molecule has 1 aromatic rings. The van der Waals surface area contributed by atoms with E-state index < -0.39 is 15.8 Å². The lowest BCUT2D eigenvalue weighted by atomic mass is 10.2. The van der Waals surface area contributed by atoms with Crippen molar-refractivity contribution in [1.82, 2.24) is 4.31 Å². The molecule has 0 aromatic heterocycles. The van der Waals surface area contributed by atoms with E-state index in [-0.39, 0.29) is 23.3 Å². The van der Waals surface area contributed by atoms with Gasteiger partial charge in [-0.1, -0.05) is 0 Å². The number of nitrogens with zero attached hydrogens (tertiary/aromatic N) is 1. The first kappa shape index (κ1) is 15.4. The summed E-state index contributed by atoms with van der Waals surface area (Å²) in [6, 6.07) is 3.59. The Morgan fingerprint density at radius 1 is 1.44 bits per heavy atom. The Kier molecular flexibility index (Phi) is 4.72. The topological polar surface area (TPSA) is 63.4 Å². The molecular weight excluding hydrogens is 279 g/mol. The van der Waals surface area contributed by atoms with Gasteiger partial charge in [-0.2, -0.15) is 4.31 Å². The van der Waals surface area contributed by atoms with Crippen molar-refractivity contribution in [1.29, 1.82) is 0 Å². The summed E-state index contributed by atoms with van der Waals surface area (Å²) in [5, 5.41) is 0. The van der Waals surface area contributed by atoms with Gasteiger partial charge in [0.15, 0.2) is 0 Å². The van der Waals surface area contributed by atoms with Gasteiger partial charge in [-0.25, -0.2) is 12.8 Å². The van der Waals surface area contributed by atoms with Crippen molar-refractivity contribution in [2.45, 2.75) is 24.3 Å². The molecule has 18 heavy (non-hydrogen) atoms. The van der Waals surface area contributed by atoms with Crippen LogP contribution in [-0.2, 0) is 10.0 Å². The molecule has 0 radical (unpaired) electrons. The summed E-state index contributed by atoms with van der Waals surface area (Å²) in [6.07, 6.45) is 0.666. The molecule has 1 aromatic carbocycles. The molecule has 102 valence electrons. The zero-order valence-electron chi connectivity index (χ0n) is 9.97. The van der Waals surface area contributed by atoms with Gasteiger partial charge in [-0.15, -0.1) is 12.4 Å². The van der Waals surface area contributed by atoms with Crippen molar-refractivity contribution >= 4 is 22.4 Å². The Bertz CT molecular complexity index is 536. The average Bonchev–Trinajstić information content (AvgIpc) is 2.64. The molecule has 0 spiro atoms. The Hall–Kier alpha value is -0.690. The number of rotatable bonds is 2. The van der Waals surface area contributed by atoms with Gasteiger partial charge < -0.3 is 5.73 Å². The van der Waals surface area contributed by atoms with Crippen LogP contribution in [0.1, 0.15) is 12.0 Å². The zero-order chi connectivity index (χ0) is 12.6. The quantitative estimate of drug-likeness (QED) is 0.894. The Labute approximate surface area is 112 Å². The molecule has 1 atom stereocenters. The lowest BCUT2D eigenvalue weighted by Crippen LogP contribution is -2.32. The number of aryl methyl sites for hydroxylation is 1. The fourth-order valence-corrected chi connectivity index (χ4v) is 3.73. The molecule has 0 bridgehead atoms. The standard InChI is InChI=1S/C11H15FN2O2S.ClH/c1-8-6-9(12)2-3-11(8)17(15,16)14-5-4-10(13)7-14;/h2-3,6,10H,4-5,7,13H2,1H3;1H/t10-;/m0./s1. The molecule has 0 saturated carbocycles. The number of sulfonamides is 1. The van der Waals surface area contributed by atoms with E-state index in [2.05, 4.69) is 0 Å². The highest BCUT2D eigenvalue weighted by atomic mass is 35.5. The van der Waals surface area contributed by atoms with E-state index in [1.807, 2.05) is 0 Å². The van der Waals surface area contributed by atoms with Crippen molar-refractivity contribution in [2.75, 3.05) is 13.1 Å². The first-order valence-electron chi connectivity index (χ1n) is 5.43. The molecule has 0 aliphatic carbocycles. The molecule has 1 aliphatic rings. The van der Waals surface area contributed by atoms with Crippen LogP contribution in [0, 0.1) is 12.7 Å². The fraction of sp³-hybridized carbons (Fsp3) is 0.455. The average molecular weight is 295 g/mol. The Balaban J connectivity index is 0.00000162. The third kappa shape index (κ3) is 2.83. The monoisotopic (exact) mass is 294 g/mol. The number of hydrogen-bond acceptors (Lipinski definition) is 3. The highest BCUT2D eigenvalue weighted by Gasteiger charge is 2.31. The summed E-state index contributed by atoms with van der Waals surface area (Å²) in [4.78, 5) is 0.160. The highest BCUT2D eigenvalue weighted by Crippen LogP contribution is 2.23. The second-order valence-electron chi connectivity index (χ2n) is 4.32. The van der Waals surface area contributed by atoms with Crippen molar-refractivity contribution in [3.63, 3.8) is 0 Å². The third-order valence-electron chi connectivity index (χ3n) is 2.94. The number of hydrogen-bond donors (Lipinski definition) is 1. The van der Waals surface area contributed by atoms with Gasteiger partial charge in [-0.05, 0) is 37.1 Å².